The number of sulfonamides is 1. The first-order valence-corrected chi connectivity index (χ1v) is 13.1. The van der Waals surface area contributed by atoms with Crippen molar-refractivity contribution >= 4 is 27.6 Å². The minimum absolute atomic E-state index is 0.127. The molecule has 1 amide bonds. The Balaban J connectivity index is 1.47. The Bertz CT molecular complexity index is 1430. The van der Waals surface area contributed by atoms with Crippen molar-refractivity contribution in [3.8, 4) is 16.9 Å². The fourth-order valence-corrected chi connectivity index (χ4v) is 4.85. The number of hydrogen-bond acceptors (Lipinski definition) is 7. The van der Waals surface area contributed by atoms with Gasteiger partial charge in [0.2, 0.25) is 21.9 Å². The van der Waals surface area contributed by atoms with Crippen LogP contribution in [0.25, 0.3) is 11.1 Å². The van der Waals surface area contributed by atoms with Gasteiger partial charge in [0, 0.05) is 18.0 Å². The first-order valence-electron chi connectivity index (χ1n) is 11.5. The quantitative estimate of drug-likeness (QED) is 0.350. The Kier molecular flexibility index (Phi) is 7.81. The summed E-state index contributed by atoms with van der Waals surface area (Å²) < 4.78 is 83.5. The first kappa shape index (κ1) is 27.2. The summed E-state index contributed by atoms with van der Waals surface area (Å²) in [6.07, 6.45) is 0.675. The summed E-state index contributed by atoms with van der Waals surface area (Å²) in [4.78, 5) is 24.9. The molecule has 3 aromatic rings. The van der Waals surface area contributed by atoms with E-state index >= 15 is 0 Å². The lowest BCUT2D eigenvalue weighted by molar-refractivity contribution is -0.153. The van der Waals surface area contributed by atoms with E-state index in [0.29, 0.717) is 24.0 Å². The Labute approximate surface area is 215 Å². The van der Waals surface area contributed by atoms with Gasteiger partial charge in [-0.1, -0.05) is 13.0 Å². The van der Waals surface area contributed by atoms with Gasteiger partial charge in [0.25, 0.3) is 0 Å². The number of anilines is 2. The van der Waals surface area contributed by atoms with E-state index in [4.69, 9.17) is 0 Å². The van der Waals surface area contributed by atoms with Crippen LogP contribution in [0.3, 0.4) is 0 Å². The smallest absolute Gasteiger partial charge is 0.422 e. The van der Waals surface area contributed by atoms with Crippen LogP contribution < -0.4 is 14.8 Å². The highest BCUT2D eigenvalue weighted by Gasteiger charge is 2.36. The van der Waals surface area contributed by atoms with Crippen LogP contribution in [0.5, 0.6) is 5.75 Å². The number of ether oxygens (including phenoxy) is 1. The zero-order valence-corrected chi connectivity index (χ0v) is 20.8. The summed E-state index contributed by atoms with van der Waals surface area (Å²) in [5.41, 5.74) is 0.751. The highest BCUT2D eigenvalue weighted by molar-refractivity contribution is 7.93. The Morgan fingerprint density at radius 3 is 2.58 bits per heavy atom. The number of aromatic nitrogens is 3. The van der Waals surface area contributed by atoms with Gasteiger partial charge in [-0.25, -0.2) is 22.8 Å². The number of halogens is 4. The summed E-state index contributed by atoms with van der Waals surface area (Å²) >= 11 is 0. The molecule has 0 spiro atoms. The van der Waals surface area contributed by atoms with Gasteiger partial charge in [-0.2, -0.15) is 13.2 Å². The molecule has 1 aliphatic rings. The lowest BCUT2D eigenvalue weighted by Crippen LogP contribution is -2.23. The number of amides is 1. The average molecular weight is 554 g/mol. The third-order valence-corrected chi connectivity index (χ3v) is 7.45. The second-order valence-electron chi connectivity index (χ2n) is 8.61. The van der Waals surface area contributed by atoms with Crippen molar-refractivity contribution in [3.05, 3.63) is 60.4 Å². The summed E-state index contributed by atoms with van der Waals surface area (Å²) in [5.74, 6) is -2.46. The molecule has 9 nitrogen and oxygen atoms in total. The Morgan fingerprint density at radius 2 is 1.92 bits per heavy atom. The maximum absolute atomic E-state index is 14.9. The molecule has 1 atom stereocenters. The van der Waals surface area contributed by atoms with Crippen LogP contribution in [0.4, 0.5) is 29.2 Å². The molecule has 2 N–H and O–H groups in total. The van der Waals surface area contributed by atoms with Gasteiger partial charge in [0.15, 0.2) is 6.61 Å². The van der Waals surface area contributed by atoms with Crippen molar-refractivity contribution in [2.75, 3.05) is 16.6 Å². The summed E-state index contributed by atoms with van der Waals surface area (Å²) in [6, 6.07) is 6.66. The number of carbonyl (C=O) groups excluding carboxylic acids is 1. The van der Waals surface area contributed by atoms with Crippen LogP contribution in [-0.4, -0.2) is 47.3 Å². The molecule has 1 aromatic carbocycles. The van der Waals surface area contributed by atoms with Crippen molar-refractivity contribution < 1.29 is 35.5 Å². The van der Waals surface area contributed by atoms with Crippen LogP contribution in [0.2, 0.25) is 0 Å². The number of nitrogens with one attached hydrogen (secondary N) is 2. The molecule has 4 rings (SSSR count). The van der Waals surface area contributed by atoms with Crippen LogP contribution in [0, 0.1) is 5.82 Å². The molecule has 2 heterocycles. The summed E-state index contributed by atoms with van der Waals surface area (Å²) in [7, 11) is -3.59. The molecule has 1 fully saturated rings. The Hall–Kier alpha value is -3.81. The molecule has 0 bridgehead atoms. The number of rotatable bonds is 10. The SMILES string of the molecule is CCC(C(=O)Nc1ccc(-c2cncc(OCC(F)(F)F)c2)cc1F)c1ccnc(NS(=O)(=O)C2CC2)n1. The number of alkyl halides is 3. The van der Waals surface area contributed by atoms with E-state index in [2.05, 4.69) is 29.7 Å². The van der Waals surface area contributed by atoms with Gasteiger partial charge in [-0.3, -0.25) is 14.5 Å². The summed E-state index contributed by atoms with van der Waals surface area (Å²) in [5, 5.41) is 2.03. The number of nitrogens with zero attached hydrogens (tertiary/aromatic N) is 3. The molecule has 0 aliphatic heterocycles. The van der Waals surface area contributed by atoms with E-state index in [0.717, 1.165) is 12.3 Å². The predicted molar refractivity (Wildman–Crippen MR) is 130 cm³/mol. The van der Waals surface area contributed by atoms with E-state index in [9.17, 15) is 30.8 Å². The molecule has 0 saturated heterocycles. The van der Waals surface area contributed by atoms with Gasteiger partial charge < -0.3 is 10.1 Å². The Morgan fingerprint density at radius 1 is 1.16 bits per heavy atom. The third kappa shape index (κ3) is 6.94. The van der Waals surface area contributed by atoms with Gasteiger partial charge >= 0.3 is 6.18 Å². The molecule has 1 unspecified atom stereocenters. The second kappa shape index (κ2) is 10.9. The zero-order chi connectivity index (χ0) is 27.5. The predicted octanol–water partition coefficient (Wildman–Crippen LogP) is 4.66. The monoisotopic (exact) mass is 553 g/mol. The van der Waals surface area contributed by atoms with Crippen LogP contribution >= 0.6 is 0 Å². The fourth-order valence-electron chi connectivity index (χ4n) is 3.57. The van der Waals surface area contributed by atoms with Crippen LogP contribution in [-0.2, 0) is 14.8 Å². The highest BCUT2D eigenvalue weighted by Crippen LogP contribution is 2.30. The molecule has 14 heteroatoms. The van der Waals surface area contributed by atoms with Gasteiger partial charge in [0.05, 0.1) is 28.7 Å². The molecule has 1 saturated carbocycles. The fraction of sp³-hybridized carbons (Fsp3) is 0.333. The van der Waals surface area contributed by atoms with Crippen molar-refractivity contribution in [1.29, 1.82) is 0 Å². The van der Waals surface area contributed by atoms with Crippen LogP contribution in [0.1, 0.15) is 37.8 Å². The molecular weight excluding hydrogens is 530 g/mol. The van der Waals surface area contributed by atoms with Gasteiger partial charge in [-0.05, 0) is 49.1 Å². The molecule has 38 heavy (non-hydrogen) atoms. The topological polar surface area (TPSA) is 123 Å². The number of carbonyl (C=O) groups is 1. The third-order valence-electron chi connectivity index (χ3n) is 5.63. The lowest BCUT2D eigenvalue weighted by Gasteiger charge is -2.16. The van der Waals surface area contributed by atoms with E-state index in [1.807, 2.05) is 0 Å². The molecule has 202 valence electrons. The van der Waals surface area contributed by atoms with Crippen LogP contribution in [0.15, 0.2) is 48.9 Å². The number of hydrogen-bond donors (Lipinski definition) is 2. The second-order valence-corrected chi connectivity index (χ2v) is 10.6. The highest BCUT2D eigenvalue weighted by atomic mass is 32.2. The standard InChI is InChI=1S/C24H23F4N5O4S/c1-2-18(20-7-8-30-23(32-20)33-38(35,36)17-4-5-17)22(34)31-21-6-3-14(10-19(21)25)15-9-16(12-29-11-15)37-13-24(26,27)28/h3,6-12,17-18H,2,4-5,13H2,1H3,(H,31,34)(H,30,32,33). The molecule has 1 aliphatic carbocycles. The lowest BCUT2D eigenvalue weighted by atomic mass is 10.0. The number of pyridine rings is 1. The van der Waals surface area contributed by atoms with E-state index in [1.54, 1.807) is 6.92 Å². The van der Waals surface area contributed by atoms with E-state index in [1.165, 1.54) is 36.7 Å². The first-order chi connectivity index (χ1) is 17.9. The van der Waals surface area contributed by atoms with E-state index < -0.39 is 45.7 Å². The van der Waals surface area contributed by atoms with Gasteiger partial charge in [-0.15, -0.1) is 0 Å². The molecular formula is C24H23F4N5O4S. The minimum Gasteiger partial charge on any atom is -0.482 e. The number of benzene rings is 1. The maximum Gasteiger partial charge on any atom is 0.422 e. The van der Waals surface area contributed by atoms with Crippen molar-refractivity contribution in [3.63, 3.8) is 0 Å². The van der Waals surface area contributed by atoms with Crippen molar-refractivity contribution in [2.45, 2.75) is 43.5 Å². The normalized spacial score (nSPS) is 14.6. The molecule has 0 radical (unpaired) electrons. The van der Waals surface area contributed by atoms with Crippen molar-refractivity contribution in [1.82, 2.24) is 15.0 Å². The average Bonchev–Trinajstić information content (AvgIpc) is 3.71. The maximum atomic E-state index is 14.9. The largest absolute Gasteiger partial charge is 0.482 e. The van der Waals surface area contributed by atoms with Gasteiger partial charge in [0.1, 0.15) is 11.6 Å². The van der Waals surface area contributed by atoms with Crippen molar-refractivity contribution in [2.24, 2.45) is 0 Å². The van der Waals surface area contributed by atoms with E-state index in [-0.39, 0.29) is 29.5 Å². The summed E-state index contributed by atoms with van der Waals surface area (Å²) in [6.45, 7) is 0.233. The molecule has 2 aromatic heterocycles. The minimum atomic E-state index is -4.52. The zero-order valence-electron chi connectivity index (χ0n) is 20.0.